The Kier molecular flexibility index (Phi) is 4.26. The number of benzene rings is 1. The molecule has 0 aliphatic carbocycles. The van der Waals surface area contributed by atoms with E-state index < -0.39 is 6.10 Å². The van der Waals surface area contributed by atoms with E-state index in [0.29, 0.717) is 18.0 Å². The van der Waals surface area contributed by atoms with Gasteiger partial charge < -0.3 is 10.1 Å². The van der Waals surface area contributed by atoms with Crippen LogP contribution in [-0.2, 0) is 11.2 Å². The smallest absolute Gasteiger partial charge is 0.261 e. The van der Waals surface area contributed by atoms with Crippen molar-refractivity contribution in [3.05, 3.63) is 40.9 Å². The zero-order valence-electron chi connectivity index (χ0n) is 10.3. The Hall–Kier alpha value is -1.48. The van der Waals surface area contributed by atoms with Crippen LogP contribution in [0.2, 0.25) is 5.02 Å². The van der Waals surface area contributed by atoms with Gasteiger partial charge in [0.1, 0.15) is 5.75 Å². The van der Waals surface area contributed by atoms with Crippen LogP contribution in [0.1, 0.15) is 18.9 Å². The summed E-state index contributed by atoms with van der Waals surface area (Å²) in [5.74, 6) is 0.694. The predicted molar refractivity (Wildman–Crippen MR) is 72.0 cm³/mol. The second-order valence-corrected chi connectivity index (χ2v) is 4.65. The molecule has 0 radical (unpaired) electrons. The van der Waals surface area contributed by atoms with E-state index in [1.807, 2.05) is 31.2 Å². The molecule has 18 heavy (non-hydrogen) atoms. The zero-order chi connectivity index (χ0) is 13.0. The molecule has 4 heteroatoms. The number of rotatable bonds is 4. The van der Waals surface area contributed by atoms with Gasteiger partial charge in [-0.15, -0.1) is 0 Å². The monoisotopic (exact) mass is 265 g/mol. The summed E-state index contributed by atoms with van der Waals surface area (Å²) in [5.41, 5.74) is 0.996. The van der Waals surface area contributed by atoms with E-state index >= 15 is 0 Å². The van der Waals surface area contributed by atoms with Crippen LogP contribution >= 0.6 is 11.6 Å². The molecule has 3 nitrogen and oxygen atoms in total. The molecule has 1 heterocycles. The standard InChI is InChI=1S/C14H16ClNO2/c1-2-3-4-7-16-14(17)13-9-10-8-11(15)5-6-12(10)18-13/h2-3,5-6,8,13H,4,7,9H2,1H3,(H,16,17)/b3-2+. The first-order valence-electron chi connectivity index (χ1n) is 6.04. The first-order valence-corrected chi connectivity index (χ1v) is 6.42. The van der Waals surface area contributed by atoms with Gasteiger partial charge in [0.25, 0.3) is 5.91 Å². The van der Waals surface area contributed by atoms with Gasteiger partial charge in [-0.3, -0.25) is 4.79 Å². The molecule has 1 atom stereocenters. The van der Waals surface area contributed by atoms with Crippen LogP contribution in [0.15, 0.2) is 30.4 Å². The van der Waals surface area contributed by atoms with E-state index in [2.05, 4.69) is 5.32 Å². The molecule has 0 fully saturated rings. The van der Waals surface area contributed by atoms with Crippen LogP contribution in [-0.4, -0.2) is 18.6 Å². The van der Waals surface area contributed by atoms with Crippen LogP contribution in [0.25, 0.3) is 0 Å². The maximum absolute atomic E-state index is 11.9. The molecule has 1 aromatic rings. The first-order chi connectivity index (χ1) is 8.70. The third-order valence-electron chi connectivity index (χ3n) is 2.84. The molecule has 0 saturated heterocycles. The van der Waals surface area contributed by atoms with Crippen LogP contribution in [0.5, 0.6) is 5.75 Å². The number of fused-ring (bicyclic) bond motifs is 1. The zero-order valence-corrected chi connectivity index (χ0v) is 11.0. The van der Waals surface area contributed by atoms with Crippen molar-refractivity contribution in [2.45, 2.75) is 25.9 Å². The Bertz CT molecular complexity index is 471. The highest BCUT2D eigenvalue weighted by atomic mass is 35.5. The second kappa shape index (κ2) is 5.91. The predicted octanol–water partition coefficient (Wildman–Crippen LogP) is 2.73. The number of hydrogen-bond donors (Lipinski definition) is 1. The summed E-state index contributed by atoms with van der Waals surface area (Å²) in [6.07, 6.45) is 4.99. The number of hydrogen-bond acceptors (Lipinski definition) is 2. The average molecular weight is 266 g/mol. The molecule has 0 aromatic heterocycles. The van der Waals surface area contributed by atoms with Gasteiger partial charge in [0.15, 0.2) is 6.10 Å². The van der Waals surface area contributed by atoms with Crippen molar-refractivity contribution in [2.24, 2.45) is 0 Å². The van der Waals surface area contributed by atoms with E-state index in [-0.39, 0.29) is 5.91 Å². The molecular weight excluding hydrogens is 250 g/mol. The average Bonchev–Trinajstić information content (AvgIpc) is 2.77. The van der Waals surface area contributed by atoms with E-state index in [1.165, 1.54) is 0 Å². The topological polar surface area (TPSA) is 38.3 Å². The Morgan fingerprint density at radius 1 is 1.61 bits per heavy atom. The van der Waals surface area contributed by atoms with Crippen molar-refractivity contribution < 1.29 is 9.53 Å². The molecule has 1 unspecified atom stereocenters. The van der Waals surface area contributed by atoms with Crippen molar-refractivity contribution in [3.8, 4) is 5.75 Å². The molecule has 1 aliphatic rings. The number of allylic oxidation sites excluding steroid dienone is 1. The fourth-order valence-corrected chi connectivity index (χ4v) is 2.12. The molecule has 2 rings (SSSR count). The number of ether oxygens (including phenoxy) is 1. The maximum atomic E-state index is 11.9. The third kappa shape index (κ3) is 3.05. The third-order valence-corrected chi connectivity index (χ3v) is 3.07. The number of carbonyl (C=O) groups is 1. The molecular formula is C14H16ClNO2. The molecule has 1 N–H and O–H groups in total. The maximum Gasteiger partial charge on any atom is 0.261 e. The van der Waals surface area contributed by atoms with Crippen LogP contribution in [0.4, 0.5) is 0 Å². The second-order valence-electron chi connectivity index (χ2n) is 4.21. The summed E-state index contributed by atoms with van der Waals surface area (Å²) in [5, 5.41) is 3.53. The summed E-state index contributed by atoms with van der Waals surface area (Å²) >= 11 is 5.91. The highest BCUT2D eigenvalue weighted by Gasteiger charge is 2.28. The van der Waals surface area contributed by atoms with E-state index in [1.54, 1.807) is 6.07 Å². The van der Waals surface area contributed by atoms with Crippen LogP contribution in [0.3, 0.4) is 0 Å². The van der Waals surface area contributed by atoms with E-state index in [4.69, 9.17) is 16.3 Å². The lowest BCUT2D eigenvalue weighted by molar-refractivity contribution is -0.127. The van der Waals surface area contributed by atoms with E-state index in [0.717, 1.165) is 17.7 Å². The van der Waals surface area contributed by atoms with Gasteiger partial charge in [0, 0.05) is 18.0 Å². The Morgan fingerprint density at radius 3 is 3.22 bits per heavy atom. The van der Waals surface area contributed by atoms with Gasteiger partial charge in [-0.1, -0.05) is 23.8 Å². The highest BCUT2D eigenvalue weighted by Crippen LogP contribution is 2.30. The van der Waals surface area contributed by atoms with Gasteiger partial charge in [-0.25, -0.2) is 0 Å². The Labute approximate surface area is 112 Å². The quantitative estimate of drug-likeness (QED) is 0.672. The Balaban J connectivity index is 1.88. The van der Waals surface area contributed by atoms with Gasteiger partial charge >= 0.3 is 0 Å². The summed E-state index contributed by atoms with van der Waals surface area (Å²) < 4.78 is 5.59. The summed E-state index contributed by atoms with van der Waals surface area (Å²) in [7, 11) is 0. The van der Waals surface area contributed by atoms with Crippen molar-refractivity contribution >= 4 is 17.5 Å². The molecule has 1 amide bonds. The number of nitrogens with one attached hydrogen (secondary N) is 1. The molecule has 96 valence electrons. The largest absolute Gasteiger partial charge is 0.480 e. The SMILES string of the molecule is C/C=C/CCNC(=O)C1Cc2cc(Cl)ccc2O1. The van der Waals surface area contributed by atoms with E-state index in [9.17, 15) is 4.79 Å². The van der Waals surface area contributed by atoms with Crippen molar-refractivity contribution in [2.75, 3.05) is 6.54 Å². The van der Waals surface area contributed by atoms with Gasteiger partial charge in [0.2, 0.25) is 0 Å². The molecule has 1 aliphatic heterocycles. The van der Waals surface area contributed by atoms with Gasteiger partial charge in [0.05, 0.1) is 0 Å². The van der Waals surface area contributed by atoms with Gasteiger partial charge in [-0.2, -0.15) is 0 Å². The van der Waals surface area contributed by atoms with Gasteiger partial charge in [-0.05, 0) is 37.1 Å². The van der Waals surface area contributed by atoms with Crippen LogP contribution in [0, 0.1) is 0 Å². The summed E-state index contributed by atoms with van der Waals surface area (Å²) in [4.78, 5) is 11.9. The molecule has 1 aromatic carbocycles. The minimum Gasteiger partial charge on any atom is -0.480 e. The van der Waals surface area contributed by atoms with Crippen LogP contribution < -0.4 is 10.1 Å². The summed E-state index contributed by atoms with van der Waals surface area (Å²) in [6.45, 7) is 2.60. The summed E-state index contributed by atoms with van der Waals surface area (Å²) in [6, 6.07) is 5.43. The molecule has 0 saturated carbocycles. The molecule has 0 bridgehead atoms. The van der Waals surface area contributed by atoms with Crippen molar-refractivity contribution in [1.29, 1.82) is 0 Å². The fraction of sp³-hybridized carbons (Fsp3) is 0.357. The minimum absolute atomic E-state index is 0.0631. The minimum atomic E-state index is -0.427. The van der Waals surface area contributed by atoms with Crippen molar-refractivity contribution in [1.82, 2.24) is 5.32 Å². The first kappa shape index (κ1) is 13.0. The fourth-order valence-electron chi connectivity index (χ4n) is 1.92. The highest BCUT2D eigenvalue weighted by molar-refractivity contribution is 6.30. The lowest BCUT2D eigenvalue weighted by atomic mass is 10.1. The lowest BCUT2D eigenvalue weighted by Gasteiger charge is -2.10. The lowest BCUT2D eigenvalue weighted by Crippen LogP contribution is -2.37. The molecule has 0 spiro atoms. The van der Waals surface area contributed by atoms with Crippen molar-refractivity contribution in [3.63, 3.8) is 0 Å². The number of carbonyl (C=O) groups excluding carboxylic acids is 1. The normalized spacial score (nSPS) is 17.6. The number of amides is 1. The number of halogens is 1. The Morgan fingerprint density at radius 2 is 2.44 bits per heavy atom.